The number of hydrogen-bond donors (Lipinski definition) is 1. The highest BCUT2D eigenvalue weighted by molar-refractivity contribution is 7.17. The summed E-state index contributed by atoms with van der Waals surface area (Å²) in [6.07, 6.45) is 4.39. The highest BCUT2D eigenvalue weighted by atomic mass is 32.1. The Balaban J connectivity index is 2.26. The fourth-order valence-corrected chi connectivity index (χ4v) is 5.13. The van der Waals surface area contributed by atoms with E-state index in [1.807, 2.05) is 18.2 Å². The lowest BCUT2D eigenvalue weighted by molar-refractivity contribution is 0.0702. The van der Waals surface area contributed by atoms with Crippen LogP contribution in [0.2, 0.25) is 0 Å². The molecule has 0 spiro atoms. The van der Waals surface area contributed by atoms with Crippen molar-refractivity contribution in [1.82, 2.24) is 0 Å². The summed E-state index contributed by atoms with van der Waals surface area (Å²) in [5.41, 5.74) is 9.17. The summed E-state index contributed by atoms with van der Waals surface area (Å²) in [7, 11) is 0. The average Bonchev–Trinajstić information content (AvgIpc) is 3.27. The Hall–Kier alpha value is -2.72. The van der Waals surface area contributed by atoms with Crippen molar-refractivity contribution in [3.05, 3.63) is 69.1 Å². The number of aromatic carboxylic acids is 1. The van der Waals surface area contributed by atoms with Crippen molar-refractivity contribution in [2.75, 3.05) is 0 Å². The van der Waals surface area contributed by atoms with Crippen molar-refractivity contribution in [3.8, 4) is 21.6 Å². The molecule has 0 aliphatic rings. The summed E-state index contributed by atoms with van der Waals surface area (Å²) in [5.74, 6) is -0.880. The molecule has 3 nitrogen and oxygen atoms in total. The Kier molecular flexibility index (Phi) is 6.88. The minimum atomic E-state index is -0.880. The molecule has 0 radical (unpaired) electrons. The molecule has 0 aliphatic heterocycles. The molecule has 3 rings (SSSR count). The molecule has 0 saturated carbocycles. The third kappa shape index (κ3) is 4.10. The fraction of sp³-hybridized carbons (Fsp3) is 0.308. The SMILES string of the molecule is CCc1cc(C=O)cc(CC)c1-c1cc(CC)c(-c2ccc(C(=O)O)s2)c(CC)c1. The first kappa shape index (κ1) is 22.0. The van der Waals surface area contributed by atoms with Gasteiger partial charge in [0, 0.05) is 10.4 Å². The summed E-state index contributed by atoms with van der Waals surface area (Å²) in [4.78, 5) is 24.1. The maximum absolute atomic E-state index is 11.4. The molecule has 1 N–H and O–H groups in total. The first-order valence-corrected chi connectivity index (χ1v) is 11.4. The maximum Gasteiger partial charge on any atom is 0.345 e. The van der Waals surface area contributed by atoms with E-state index >= 15 is 0 Å². The number of benzene rings is 2. The molecule has 0 unspecified atom stereocenters. The molecule has 1 heterocycles. The highest BCUT2D eigenvalue weighted by Crippen LogP contribution is 2.39. The number of aldehydes is 1. The van der Waals surface area contributed by atoms with Gasteiger partial charge in [-0.2, -0.15) is 0 Å². The Morgan fingerprint density at radius 3 is 1.73 bits per heavy atom. The van der Waals surface area contributed by atoms with Gasteiger partial charge in [-0.3, -0.25) is 4.79 Å². The van der Waals surface area contributed by atoms with E-state index in [1.165, 1.54) is 50.3 Å². The standard InChI is InChI=1S/C26H28O3S/c1-5-17-11-16(15-27)12-18(6-2)24(17)21-13-19(7-3)25(20(8-4)14-21)22-9-10-23(30-22)26(28)29/h9-15H,5-8H2,1-4H3,(H,28,29). The molecular weight excluding hydrogens is 392 g/mol. The largest absolute Gasteiger partial charge is 0.477 e. The van der Waals surface area contributed by atoms with Crippen molar-refractivity contribution < 1.29 is 14.7 Å². The van der Waals surface area contributed by atoms with Crippen LogP contribution in [0.15, 0.2) is 36.4 Å². The van der Waals surface area contributed by atoms with Crippen LogP contribution in [-0.4, -0.2) is 17.4 Å². The van der Waals surface area contributed by atoms with E-state index in [2.05, 4.69) is 39.8 Å². The Labute approximate surface area is 182 Å². The summed E-state index contributed by atoms with van der Waals surface area (Å²) in [6, 6.07) is 12.1. The molecule has 0 fully saturated rings. The zero-order valence-electron chi connectivity index (χ0n) is 18.0. The maximum atomic E-state index is 11.4. The second-order valence-corrected chi connectivity index (χ2v) is 8.47. The number of carbonyl (C=O) groups excluding carboxylic acids is 1. The number of hydrogen-bond acceptors (Lipinski definition) is 3. The van der Waals surface area contributed by atoms with Crippen LogP contribution in [0.1, 0.15) is 70.0 Å². The van der Waals surface area contributed by atoms with E-state index < -0.39 is 5.97 Å². The van der Waals surface area contributed by atoms with Crippen LogP contribution >= 0.6 is 11.3 Å². The third-order valence-electron chi connectivity index (χ3n) is 5.64. The number of carboxylic acid groups (broad SMARTS) is 1. The van der Waals surface area contributed by atoms with Gasteiger partial charge in [-0.1, -0.05) is 39.8 Å². The van der Waals surface area contributed by atoms with E-state index in [-0.39, 0.29) is 0 Å². The van der Waals surface area contributed by atoms with Gasteiger partial charge in [-0.25, -0.2) is 4.79 Å². The smallest absolute Gasteiger partial charge is 0.345 e. The van der Waals surface area contributed by atoms with Crippen molar-refractivity contribution in [2.45, 2.75) is 53.4 Å². The van der Waals surface area contributed by atoms with E-state index in [4.69, 9.17) is 0 Å². The fourth-order valence-electron chi connectivity index (χ4n) is 4.16. The first-order chi connectivity index (χ1) is 14.5. The molecule has 2 aromatic carbocycles. The number of thiophene rings is 1. The predicted octanol–water partition coefficient (Wildman–Crippen LogP) is 6.84. The van der Waals surface area contributed by atoms with Gasteiger partial charge in [0.25, 0.3) is 0 Å². The molecule has 0 saturated heterocycles. The number of carboxylic acids is 1. The van der Waals surface area contributed by atoms with Crippen LogP contribution in [0.5, 0.6) is 0 Å². The molecule has 0 aliphatic carbocycles. The molecular formula is C26H28O3S. The topological polar surface area (TPSA) is 54.4 Å². The lowest BCUT2D eigenvalue weighted by Gasteiger charge is -2.19. The van der Waals surface area contributed by atoms with E-state index in [9.17, 15) is 14.7 Å². The normalized spacial score (nSPS) is 10.9. The van der Waals surface area contributed by atoms with Gasteiger partial charge in [-0.15, -0.1) is 11.3 Å². The number of rotatable bonds is 8. The number of aryl methyl sites for hydroxylation is 4. The van der Waals surface area contributed by atoms with Crippen molar-refractivity contribution in [3.63, 3.8) is 0 Å². The first-order valence-electron chi connectivity index (χ1n) is 10.6. The number of carbonyl (C=O) groups is 2. The lowest BCUT2D eigenvalue weighted by Crippen LogP contribution is -2.01. The van der Waals surface area contributed by atoms with Crippen LogP contribution in [-0.2, 0) is 25.7 Å². The van der Waals surface area contributed by atoms with Gasteiger partial charge in [0.1, 0.15) is 11.2 Å². The predicted molar refractivity (Wildman–Crippen MR) is 125 cm³/mol. The zero-order chi connectivity index (χ0) is 21.8. The molecule has 4 heteroatoms. The molecule has 0 atom stereocenters. The van der Waals surface area contributed by atoms with Crippen LogP contribution in [0, 0.1) is 0 Å². The van der Waals surface area contributed by atoms with Crippen LogP contribution in [0.25, 0.3) is 21.6 Å². The van der Waals surface area contributed by atoms with Gasteiger partial charge in [-0.05, 0) is 88.9 Å². The molecule has 30 heavy (non-hydrogen) atoms. The van der Waals surface area contributed by atoms with Gasteiger partial charge in [0.15, 0.2) is 0 Å². The molecule has 156 valence electrons. The second kappa shape index (κ2) is 9.40. The average molecular weight is 421 g/mol. The molecule has 3 aromatic rings. The Morgan fingerprint density at radius 1 is 0.833 bits per heavy atom. The van der Waals surface area contributed by atoms with Gasteiger partial charge >= 0.3 is 5.97 Å². The molecule has 0 bridgehead atoms. The van der Waals surface area contributed by atoms with E-state index in [0.29, 0.717) is 4.88 Å². The van der Waals surface area contributed by atoms with E-state index in [0.717, 1.165) is 42.4 Å². The van der Waals surface area contributed by atoms with Gasteiger partial charge in [0.2, 0.25) is 0 Å². The van der Waals surface area contributed by atoms with Crippen LogP contribution in [0.3, 0.4) is 0 Å². The quantitative estimate of drug-likeness (QED) is 0.406. The summed E-state index contributed by atoms with van der Waals surface area (Å²) < 4.78 is 0. The summed E-state index contributed by atoms with van der Waals surface area (Å²) in [5, 5.41) is 9.33. The van der Waals surface area contributed by atoms with Crippen molar-refractivity contribution in [2.24, 2.45) is 0 Å². The van der Waals surface area contributed by atoms with Crippen LogP contribution < -0.4 is 0 Å². The third-order valence-corrected chi connectivity index (χ3v) is 6.73. The Morgan fingerprint density at radius 2 is 1.33 bits per heavy atom. The lowest BCUT2D eigenvalue weighted by atomic mass is 9.85. The van der Waals surface area contributed by atoms with Gasteiger partial charge in [0.05, 0.1) is 0 Å². The minimum Gasteiger partial charge on any atom is -0.477 e. The summed E-state index contributed by atoms with van der Waals surface area (Å²) in [6.45, 7) is 8.54. The van der Waals surface area contributed by atoms with Crippen LogP contribution in [0.4, 0.5) is 0 Å². The Bertz CT molecular complexity index is 1040. The van der Waals surface area contributed by atoms with Crippen molar-refractivity contribution >= 4 is 23.6 Å². The van der Waals surface area contributed by atoms with Gasteiger partial charge < -0.3 is 5.11 Å². The second-order valence-electron chi connectivity index (χ2n) is 7.38. The highest BCUT2D eigenvalue weighted by Gasteiger charge is 2.18. The van der Waals surface area contributed by atoms with E-state index in [1.54, 1.807) is 6.07 Å². The molecule has 0 amide bonds. The molecule has 1 aromatic heterocycles. The zero-order valence-corrected chi connectivity index (χ0v) is 18.9. The van der Waals surface area contributed by atoms with Crippen molar-refractivity contribution in [1.29, 1.82) is 0 Å². The summed E-state index contributed by atoms with van der Waals surface area (Å²) >= 11 is 1.34. The monoisotopic (exact) mass is 420 g/mol. The minimum absolute atomic E-state index is 0.365.